The number of nitrogens with one attached hydrogen (secondary N) is 1. The van der Waals surface area contributed by atoms with Crippen LogP contribution in [0.2, 0.25) is 10.3 Å². The molecule has 0 fully saturated rings. The number of fused-ring (bicyclic) bond motifs is 1. The average molecular weight is 231 g/mol. The summed E-state index contributed by atoms with van der Waals surface area (Å²) in [6.45, 7) is 4.19. The molecule has 2 rings (SSSR count). The van der Waals surface area contributed by atoms with Crippen molar-refractivity contribution in [2.75, 3.05) is 0 Å². The number of nitrogens with zero attached hydrogens (tertiary/aromatic N) is 2. The second-order valence-corrected chi connectivity index (χ2v) is 4.15. The lowest BCUT2D eigenvalue weighted by molar-refractivity contribution is -0.691. The van der Waals surface area contributed by atoms with Gasteiger partial charge in [-0.15, -0.1) is 0 Å². The minimum absolute atomic E-state index is 0.360. The minimum Gasteiger partial charge on any atom is -0.241 e. The Morgan fingerprint density at radius 2 is 2.14 bits per heavy atom. The Hall–Kier alpha value is -0.800. The summed E-state index contributed by atoms with van der Waals surface area (Å²) in [6.07, 6.45) is 1.87. The van der Waals surface area contributed by atoms with Crippen LogP contribution >= 0.6 is 23.2 Å². The largest absolute Gasteiger partial charge is 0.242 e. The number of halogens is 2. The first-order valence-electron chi connectivity index (χ1n) is 4.34. The Kier molecular flexibility index (Phi) is 2.37. The van der Waals surface area contributed by atoms with Crippen molar-refractivity contribution in [3.05, 3.63) is 22.7 Å². The van der Waals surface area contributed by atoms with Gasteiger partial charge in [-0.1, -0.05) is 23.2 Å². The summed E-state index contributed by atoms with van der Waals surface area (Å²) in [6, 6.07) is 2.16. The van der Waals surface area contributed by atoms with Gasteiger partial charge in [0.25, 0.3) is 0 Å². The third-order valence-corrected chi connectivity index (χ3v) is 2.57. The first kappa shape index (κ1) is 9.74. The maximum atomic E-state index is 5.94. The van der Waals surface area contributed by atoms with Crippen LogP contribution in [0.25, 0.3) is 11.0 Å². The average Bonchev–Trinajstić information content (AvgIpc) is 2.47. The number of pyridine rings is 1. The molecule has 2 aromatic rings. The highest BCUT2D eigenvalue weighted by Crippen LogP contribution is 2.21. The molecule has 0 aliphatic carbocycles. The van der Waals surface area contributed by atoms with Crippen molar-refractivity contribution in [3.63, 3.8) is 0 Å². The van der Waals surface area contributed by atoms with Crippen molar-refractivity contribution < 1.29 is 4.57 Å². The van der Waals surface area contributed by atoms with Gasteiger partial charge in [-0.3, -0.25) is 0 Å². The third-order valence-electron chi connectivity index (χ3n) is 2.11. The molecule has 0 aromatic carbocycles. The molecule has 0 bridgehead atoms. The fourth-order valence-electron chi connectivity index (χ4n) is 1.44. The molecule has 0 radical (unpaired) electrons. The van der Waals surface area contributed by atoms with E-state index in [9.17, 15) is 0 Å². The van der Waals surface area contributed by atoms with Gasteiger partial charge in [-0.25, -0.2) is 14.5 Å². The van der Waals surface area contributed by atoms with Gasteiger partial charge >= 0.3 is 0 Å². The molecule has 2 heterocycles. The molecule has 3 nitrogen and oxygen atoms in total. The topological polar surface area (TPSA) is 32.6 Å². The van der Waals surface area contributed by atoms with E-state index in [1.54, 1.807) is 6.07 Å². The lowest BCUT2D eigenvalue weighted by Crippen LogP contribution is -2.34. The van der Waals surface area contributed by atoms with Crippen LogP contribution in [0, 0.1) is 0 Å². The highest BCUT2D eigenvalue weighted by Gasteiger charge is 2.16. The molecule has 0 aliphatic heterocycles. The molecule has 0 unspecified atom stereocenters. The Morgan fingerprint density at radius 3 is 2.79 bits per heavy atom. The van der Waals surface area contributed by atoms with Crippen LogP contribution in [0.5, 0.6) is 0 Å². The maximum absolute atomic E-state index is 5.94. The number of aromatic amines is 1. The lowest BCUT2D eigenvalue weighted by Gasteiger charge is -2.00. The van der Waals surface area contributed by atoms with Crippen molar-refractivity contribution in [2.45, 2.75) is 19.9 Å². The molecule has 0 saturated carbocycles. The molecule has 0 spiro atoms. The first-order valence-corrected chi connectivity index (χ1v) is 5.09. The van der Waals surface area contributed by atoms with Crippen LogP contribution in [0.15, 0.2) is 12.4 Å². The Bertz CT molecular complexity index is 476. The molecule has 1 N–H and O–H groups in total. The predicted octanol–water partition coefficient (Wildman–Crippen LogP) is 2.74. The van der Waals surface area contributed by atoms with Gasteiger partial charge in [0, 0.05) is 6.07 Å². The van der Waals surface area contributed by atoms with Crippen LogP contribution in [-0.2, 0) is 0 Å². The summed E-state index contributed by atoms with van der Waals surface area (Å²) < 4.78 is 2.06. The van der Waals surface area contributed by atoms with E-state index in [1.165, 1.54) is 0 Å². The number of H-pyrrole nitrogens is 1. The Labute approximate surface area is 91.7 Å². The summed E-state index contributed by atoms with van der Waals surface area (Å²) in [4.78, 5) is 7.04. The first-order chi connectivity index (χ1) is 6.59. The zero-order valence-corrected chi connectivity index (χ0v) is 9.39. The standard InChI is InChI=1S/C9H9Cl2N3/c1-5(2)14-4-12-8-6(14)3-7(10)13-9(8)11/h3-5H,1-2H3/p+1. The smallest absolute Gasteiger partial charge is 0.241 e. The van der Waals surface area contributed by atoms with Crippen molar-refractivity contribution in [1.82, 2.24) is 9.97 Å². The summed E-state index contributed by atoms with van der Waals surface area (Å²) in [5.74, 6) is 0. The van der Waals surface area contributed by atoms with Crippen molar-refractivity contribution >= 4 is 34.2 Å². The monoisotopic (exact) mass is 230 g/mol. The van der Waals surface area contributed by atoms with E-state index < -0.39 is 0 Å². The SMILES string of the molecule is CC(C)[n+]1c[nH]c2c(Cl)nc(Cl)cc21. The van der Waals surface area contributed by atoms with E-state index in [1.807, 2.05) is 6.33 Å². The van der Waals surface area contributed by atoms with E-state index in [-0.39, 0.29) is 0 Å². The Morgan fingerprint density at radius 1 is 1.43 bits per heavy atom. The summed E-state index contributed by atoms with van der Waals surface area (Å²) in [7, 11) is 0. The quantitative estimate of drug-likeness (QED) is 0.594. The molecular weight excluding hydrogens is 221 g/mol. The highest BCUT2D eigenvalue weighted by molar-refractivity contribution is 6.35. The third kappa shape index (κ3) is 1.47. The molecule has 0 atom stereocenters. The summed E-state index contributed by atoms with van der Waals surface area (Å²) >= 11 is 11.8. The maximum Gasteiger partial charge on any atom is 0.242 e. The van der Waals surface area contributed by atoms with Crippen LogP contribution < -0.4 is 4.57 Å². The van der Waals surface area contributed by atoms with Gasteiger partial charge in [0.2, 0.25) is 11.8 Å². The fraction of sp³-hybridized carbons (Fsp3) is 0.333. The number of rotatable bonds is 1. The molecule has 2 aromatic heterocycles. The molecular formula is C9H10Cl2N3+. The molecule has 0 amide bonds. The number of hydrogen-bond donors (Lipinski definition) is 1. The van der Waals surface area contributed by atoms with Gasteiger partial charge < -0.3 is 0 Å². The number of aromatic nitrogens is 3. The van der Waals surface area contributed by atoms with Gasteiger partial charge in [0.05, 0.1) is 6.04 Å². The second-order valence-electron chi connectivity index (χ2n) is 3.40. The predicted molar refractivity (Wildman–Crippen MR) is 56.7 cm³/mol. The van der Waals surface area contributed by atoms with E-state index in [4.69, 9.17) is 23.2 Å². The van der Waals surface area contributed by atoms with Gasteiger partial charge in [-0.2, -0.15) is 0 Å². The normalized spacial score (nSPS) is 11.5. The molecule has 14 heavy (non-hydrogen) atoms. The minimum atomic E-state index is 0.360. The van der Waals surface area contributed by atoms with E-state index in [2.05, 4.69) is 28.4 Å². The lowest BCUT2D eigenvalue weighted by atomic mass is 10.3. The van der Waals surface area contributed by atoms with Crippen LogP contribution in [0.3, 0.4) is 0 Å². The van der Waals surface area contributed by atoms with Gasteiger partial charge in [0.1, 0.15) is 5.15 Å². The zero-order valence-electron chi connectivity index (χ0n) is 7.88. The molecule has 74 valence electrons. The van der Waals surface area contributed by atoms with E-state index >= 15 is 0 Å². The Balaban J connectivity index is 2.78. The van der Waals surface area contributed by atoms with Gasteiger partial charge in [-0.05, 0) is 13.8 Å². The zero-order chi connectivity index (χ0) is 10.3. The second kappa shape index (κ2) is 3.41. The number of imidazole rings is 1. The molecule has 5 heteroatoms. The van der Waals surface area contributed by atoms with Crippen LogP contribution in [0.1, 0.15) is 19.9 Å². The van der Waals surface area contributed by atoms with Crippen molar-refractivity contribution in [3.8, 4) is 0 Å². The van der Waals surface area contributed by atoms with Gasteiger partial charge in [0.15, 0.2) is 10.7 Å². The fourth-order valence-corrected chi connectivity index (χ4v) is 1.91. The van der Waals surface area contributed by atoms with E-state index in [0.717, 1.165) is 11.0 Å². The molecule has 0 aliphatic rings. The van der Waals surface area contributed by atoms with Crippen LogP contribution in [-0.4, -0.2) is 9.97 Å². The highest BCUT2D eigenvalue weighted by atomic mass is 35.5. The van der Waals surface area contributed by atoms with Crippen molar-refractivity contribution in [1.29, 1.82) is 0 Å². The van der Waals surface area contributed by atoms with Crippen molar-refractivity contribution in [2.24, 2.45) is 0 Å². The molecule has 0 saturated heterocycles. The van der Waals surface area contributed by atoms with E-state index in [0.29, 0.717) is 16.3 Å². The number of hydrogen-bond acceptors (Lipinski definition) is 1. The summed E-state index contributed by atoms with van der Waals surface area (Å²) in [5.41, 5.74) is 1.80. The van der Waals surface area contributed by atoms with Crippen LogP contribution in [0.4, 0.5) is 0 Å². The summed E-state index contributed by atoms with van der Waals surface area (Å²) in [5, 5.41) is 0.823.